The lowest BCUT2D eigenvalue weighted by molar-refractivity contribution is -0.180. The van der Waals surface area contributed by atoms with Gasteiger partial charge in [-0.2, -0.15) is 17.9 Å². The fourth-order valence-corrected chi connectivity index (χ4v) is 4.85. The van der Waals surface area contributed by atoms with E-state index in [1.807, 2.05) is 0 Å². The van der Waals surface area contributed by atoms with E-state index in [0.29, 0.717) is 19.5 Å². The highest BCUT2D eigenvalue weighted by atomic mass is 32.2. The number of halogens is 5. The van der Waals surface area contributed by atoms with Crippen molar-refractivity contribution in [3.8, 4) is 11.4 Å². The van der Waals surface area contributed by atoms with E-state index >= 15 is 0 Å². The molecule has 8 nitrogen and oxygen atoms in total. The highest BCUT2D eigenvalue weighted by molar-refractivity contribution is 7.89. The van der Waals surface area contributed by atoms with Gasteiger partial charge in [-0.05, 0) is 44.2 Å². The van der Waals surface area contributed by atoms with E-state index in [-0.39, 0.29) is 28.0 Å². The average molecular weight is 527 g/mol. The van der Waals surface area contributed by atoms with E-state index in [4.69, 9.17) is 5.73 Å². The van der Waals surface area contributed by atoms with Gasteiger partial charge in [0.2, 0.25) is 10.0 Å². The number of nitrogens with one attached hydrogen (secondary N) is 1. The Bertz CT molecular complexity index is 1540. The first-order chi connectivity index (χ1) is 16.6. The number of amides is 1. The van der Waals surface area contributed by atoms with Gasteiger partial charge in [0.1, 0.15) is 16.1 Å². The predicted molar refractivity (Wildman–Crippen MR) is 120 cm³/mol. The van der Waals surface area contributed by atoms with Gasteiger partial charge in [-0.15, -0.1) is 0 Å². The molecule has 0 spiro atoms. The molecule has 1 amide bonds. The van der Waals surface area contributed by atoms with Crippen molar-refractivity contribution in [1.29, 1.82) is 0 Å². The summed E-state index contributed by atoms with van der Waals surface area (Å²) in [7, 11) is -4.64. The molecule has 0 aliphatic heterocycles. The Hall–Kier alpha value is -3.65. The van der Waals surface area contributed by atoms with Crippen LogP contribution in [0.5, 0.6) is 0 Å². The number of alkyl halides is 5. The van der Waals surface area contributed by atoms with Crippen molar-refractivity contribution in [2.45, 2.75) is 36.9 Å². The summed E-state index contributed by atoms with van der Waals surface area (Å²) in [5.74, 6) is -0.974. The number of allylic oxidation sites excluding steroid dienone is 4. The number of hydrogen-bond donors (Lipinski definition) is 2. The van der Waals surface area contributed by atoms with Gasteiger partial charge in [-0.1, -0.05) is 6.08 Å². The monoisotopic (exact) mass is 527 g/mol. The Labute approximate surface area is 201 Å². The smallest absolute Gasteiger partial charge is 0.366 e. The molecule has 4 rings (SSSR count). The van der Waals surface area contributed by atoms with Gasteiger partial charge in [0, 0.05) is 29.0 Å². The van der Waals surface area contributed by atoms with Gasteiger partial charge in [0.15, 0.2) is 0 Å². The number of pyridine rings is 2. The normalized spacial score (nSPS) is 14.3. The van der Waals surface area contributed by atoms with Crippen LogP contribution in [0.15, 0.2) is 53.7 Å². The summed E-state index contributed by atoms with van der Waals surface area (Å²) in [5.41, 5.74) is 2.92. The number of carbonyl (C=O) groups excluding carboxylic acids is 1. The summed E-state index contributed by atoms with van der Waals surface area (Å²) in [5, 5.41) is 0.0311. The molecule has 1 aliphatic carbocycles. The minimum atomic E-state index is -4.86. The van der Waals surface area contributed by atoms with Crippen molar-refractivity contribution in [3.63, 3.8) is 0 Å². The Morgan fingerprint density at radius 1 is 1.14 bits per heavy atom. The number of sulfonamides is 1. The van der Waals surface area contributed by atoms with Crippen LogP contribution in [0.3, 0.4) is 0 Å². The third-order valence-corrected chi connectivity index (χ3v) is 7.15. The quantitative estimate of drug-likeness (QED) is 0.447. The molecule has 3 aromatic heterocycles. The number of primary amides is 1. The van der Waals surface area contributed by atoms with Crippen molar-refractivity contribution < 1.29 is 35.2 Å². The first kappa shape index (κ1) is 25.4. The molecule has 14 heteroatoms. The molecule has 0 unspecified atom stereocenters. The fraction of sp³-hybridized carbons (Fsp3) is 0.227. The SMILES string of the molecule is CC(C)(NS(=O)(=O)c1ccc(-c2c(C(N)=O)c3cc(C(F)F)cnc3n2C2=CC=C2)nc1)C(F)(F)F. The zero-order chi connectivity index (χ0) is 26.6. The van der Waals surface area contributed by atoms with Crippen molar-refractivity contribution >= 4 is 32.7 Å². The summed E-state index contributed by atoms with van der Waals surface area (Å²) in [6.07, 6.45) is -0.971. The molecular formula is C22H18F5N5O3S. The topological polar surface area (TPSA) is 120 Å². The van der Waals surface area contributed by atoms with Crippen LogP contribution >= 0.6 is 0 Å². The molecule has 0 aromatic carbocycles. The van der Waals surface area contributed by atoms with Gasteiger partial charge < -0.3 is 5.73 Å². The Balaban J connectivity index is 1.87. The molecule has 3 N–H and O–H groups in total. The zero-order valence-electron chi connectivity index (χ0n) is 18.6. The predicted octanol–water partition coefficient (Wildman–Crippen LogP) is 4.16. The molecular weight excluding hydrogens is 509 g/mol. The van der Waals surface area contributed by atoms with E-state index in [9.17, 15) is 35.2 Å². The molecule has 0 atom stereocenters. The number of nitrogens with two attached hydrogens (primary N) is 1. The van der Waals surface area contributed by atoms with Gasteiger partial charge in [0.25, 0.3) is 12.3 Å². The maximum atomic E-state index is 13.3. The van der Waals surface area contributed by atoms with Gasteiger partial charge in [-0.25, -0.2) is 22.2 Å². The van der Waals surface area contributed by atoms with Crippen LogP contribution in [0.25, 0.3) is 28.1 Å². The van der Waals surface area contributed by atoms with E-state index in [0.717, 1.165) is 24.5 Å². The molecule has 1 aliphatic rings. The van der Waals surface area contributed by atoms with Gasteiger partial charge in [-0.3, -0.25) is 14.3 Å². The van der Waals surface area contributed by atoms with E-state index in [2.05, 4.69) is 9.97 Å². The maximum absolute atomic E-state index is 13.3. The number of rotatable bonds is 7. The van der Waals surface area contributed by atoms with Gasteiger partial charge >= 0.3 is 6.18 Å². The molecule has 3 aromatic rings. The highest BCUT2D eigenvalue weighted by Gasteiger charge is 2.49. The van der Waals surface area contributed by atoms with Crippen LogP contribution in [0, 0.1) is 0 Å². The fourth-order valence-electron chi connectivity index (χ4n) is 3.51. The summed E-state index contributed by atoms with van der Waals surface area (Å²) >= 11 is 0. The van der Waals surface area contributed by atoms with Crippen molar-refractivity contribution in [2.24, 2.45) is 5.73 Å². The van der Waals surface area contributed by atoms with Crippen molar-refractivity contribution in [2.75, 3.05) is 0 Å². The third-order valence-electron chi connectivity index (χ3n) is 5.51. The van der Waals surface area contributed by atoms with Crippen molar-refractivity contribution in [3.05, 3.63) is 59.9 Å². The van der Waals surface area contributed by atoms with Crippen LogP contribution in [-0.4, -0.2) is 40.6 Å². The second kappa shape index (κ2) is 8.48. The highest BCUT2D eigenvalue weighted by Crippen LogP contribution is 2.38. The Kier molecular flexibility index (Phi) is 5.99. The van der Waals surface area contributed by atoms with Gasteiger partial charge in [0.05, 0.1) is 17.0 Å². The summed E-state index contributed by atoms with van der Waals surface area (Å²) in [4.78, 5) is 20.0. The number of fused-ring (bicyclic) bond motifs is 1. The van der Waals surface area contributed by atoms with Crippen LogP contribution in [0.1, 0.15) is 36.2 Å². The molecule has 0 fully saturated rings. The minimum Gasteiger partial charge on any atom is -0.366 e. The van der Waals surface area contributed by atoms with Crippen molar-refractivity contribution in [1.82, 2.24) is 19.3 Å². The minimum absolute atomic E-state index is 0.00984. The third kappa shape index (κ3) is 4.26. The lowest BCUT2D eigenvalue weighted by atomic mass is 10.1. The molecule has 0 saturated heterocycles. The number of hydrogen-bond acceptors (Lipinski definition) is 5. The Morgan fingerprint density at radius 2 is 1.81 bits per heavy atom. The number of carbonyl (C=O) groups is 1. The van der Waals surface area contributed by atoms with Crippen LogP contribution in [0.2, 0.25) is 0 Å². The summed E-state index contributed by atoms with van der Waals surface area (Å²) in [6, 6.07) is 3.26. The average Bonchev–Trinajstić information content (AvgIpc) is 3.05. The largest absolute Gasteiger partial charge is 0.407 e. The lowest BCUT2D eigenvalue weighted by Gasteiger charge is -2.28. The second-order valence-corrected chi connectivity index (χ2v) is 10.1. The summed E-state index contributed by atoms with van der Waals surface area (Å²) in [6.45, 7) is 1.34. The Morgan fingerprint density at radius 3 is 2.28 bits per heavy atom. The molecule has 3 heterocycles. The second-order valence-electron chi connectivity index (χ2n) is 8.42. The summed E-state index contributed by atoms with van der Waals surface area (Å²) < 4.78 is 94.3. The zero-order valence-corrected chi connectivity index (χ0v) is 19.5. The van der Waals surface area contributed by atoms with Crippen LogP contribution < -0.4 is 10.5 Å². The molecule has 190 valence electrons. The molecule has 0 saturated carbocycles. The molecule has 0 radical (unpaired) electrons. The van der Waals surface area contributed by atoms with E-state index in [1.165, 1.54) is 10.6 Å². The lowest BCUT2D eigenvalue weighted by Crippen LogP contribution is -2.54. The van der Waals surface area contributed by atoms with Crippen LogP contribution in [-0.2, 0) is 10.0 Å². The number of aromatic nitrogens is 3. The first-order valence-corrected chi connectivity index (χ1v) is 11.7. The van der Waals surface area contributed by atoms with E-state index in [1.54, 1.807) is 23.0 Å². The molecule has 0 bridgehead atoms. The van der Waals surface area contributed by atoms with Crippen LogP contribution in [0.4, 0.5) is 22.0 Å². The molecule has 36 heavy (non-hydrogen) atoms. The first-order valence-electron chi connectivity index (χ1n) is 10.2. The van der Waals surface area contributed by atoms with E-state index < -0.39 is 44.5 Å². The number of nitrogens with zero attached hydrogens (tertiary/aromatic N) is 3. The maximum Gasteiger partial charge on any atom is 0.407 e. The standard InChI is InChI=1S/C22H18F5N5O3S/c1-21(2,22(25,26)27)31-36(34,35)13-6-7-15(29-10-13)17-16(19(28)33)14-8-11(18(23)24)9-30-20(14)32(17)12-4-3-5-12/h3-10,18,31H,1-2H3,(H2,28,33).